The highest BCUT2D eigenvalue weighted by Gasteiger charge is 2.04. The molecule has 1 rings (SSSR count). The van der Waals surface area contributed by atoms with E-state index in [0.717, 1.165) is 11.1 Å². The minimum atomic E-state index is -2.88. The average molecular weight is 284 g/mol. The van der Waals surface area contributed by atoms with Crippen molar-refractivity contribution in [2.24, 2.45) is 5.73 Å². The minimum absolute atomic E-state index is 0.194. The Bertz CT molecular complexity index is 553. The molecule has 0 aliphatic heterocycles. The number of carbonyl (C=O) groups excluding carboxylic acids is 1. The molecule has 1 aromatic rings. The smallest absolute Gasteiger partial charge is 0.248 e. The summed E-state index contributed by atoms with van der Waals surface area (Å²) < 4.78 is 21.9. The zero-order valence-electron chi connectivity index (χ0n) is 11.3. The molecule has 0 unspecified atom stereocenters. The molecule has 0 radical (unpaired) electrons. The van der Waals surface area contributed by atoms with E-state index in [1.807, 2.05) is 13.0 Å². The molecule has 0 aliphatic rings. The van der Waals surface area contributed by atoms with E-state index in [9.17, 15) is 13.2 Å². The third-order valence-electron chi connectivity index (χ3n) is 2.81. The van der Waals surface area contributed by atoms with Crippen LogP contribution in [0.5, 0.6) is 0 Å². The van der Waals surface area contributed by atoms with E-state index in [2.05, 4.69) is 5.32 Å². The lowest BCUT2D eigenvalue weighted by atomic mass is 10.0. The van der Waals surface area contributed by atoms with Crippen LogP contribution >= 0.6 is 0 Å². The monoisotopic (exact) mass is 284 g/mol. The molecule has 106 valence electrons. The molecular weight excluding hydrogens is 264 g/mol. The van der Waals surface area contributed by atoms with Crippen LogP contribution in [-0.2, 0) is 16.4 Å². The lowest BCUT2D eigenvalue weighted by Crippen LogP contribution is -2.18. The molecule has 0 saturated carbocycles. The number of hydrogen-bond donors (Lipinski definition) is 2. The maximum atomic E-state index is 11.0. The van der Waals surface area contributed by atoms with Crippen LogP contribution in [0.1, 0.15) is 27.9 Å². The van der Waals surface area contributed by atoms with Crippen LogP contribution in [0.3, 0.4) is 0 Å². The highest BCUT2D eigenvalue weighted by molar-refractivity contribution is 7.90. The van der Waals surface area contributed by atoms with Crippen molar-refractivity contribution in [2.45, 2.75) is 19.9 Å². The normalized spacial score (nSPS) is 11.5. The number of primary amides is 1. The van der Waals surface area contributed by atoms with E-state index in [4.69, 9.17) is 5.73 Å². The second-order valence-corrected chi connectivity index (χ2v) is 6.93. The van der Waals surface area contributed by atoms with Crippen LogP contribution in [0.2, 0.25) is 0 Å². The van der Waals surface area contributed by atoms with Crippen molar-refractivity contribution < 1.29 is 13.2 Å². The van der Waals surface area contributed by atoms with Gasteiger partial charge in [-0.15, -0.1) is 0 Å². The summed E-state index contributed by atoms with van der Waals surface area (Å²) in [6.07, 6.45) is 1.83. The zero-order chi connectivity index (χ0) is 14.5. The third-order valence-corrected chi connectivity index (χ3v) is 3.84. The second kappa shape index (κ2) is 6.68. The second-order valence-electron chi connectivity index (χ2n) is 4.67. The van der Waals surface area contributed by atoms with E-state index in [1.165, 1.54) is 6.26 Å². The van der Waals surface area contributed by atoms with E-state index in [-0.39, 0.29) is 5.75 Å². The van der Waals surface area contributed by atoms with Gasteiger partial charge >= 0.3 is 0 Å². The fourth-order valence-electron chi connectivity index (χ4n) is 1.73. The van der Waals surface area contributed by atoms with E-state index >= 15 is 0 Å². The Morgan fingerprint density at radius 2 is 2.05 bits per heavy atom. The molecule has 3 N–H and O–H groups in total. The quantitative estimate of drug-likeness (QED) is 0.718. The van der Waals surface area contributed by atoms with Crippen molar-refractivity contribution in [1.82, 2.24) is 5.32 Å². The fraction of sp³-hybridized carbons (Fsp3) is 0.462. The van der Waals surface area contributed by atoms with Gasteiger partial charge in [0.15, 0.2) is 0 Å². The summed E-state index contributed by atoms with van der Waals surface area (Å²) in [5.41, 5.74) is 7.77. The van der Waals surface area contributed by atoms with Crippen molar-refractivity contribution in [1.29, 1.82) is 0 Å². The van der Waals surface area contributed by atoms with Crippen molar-refractivity contribution in [3.8, 4) is 0 Å². The predicted octanol–water partition coefficient (Wildman–Crippen LogP) is 0.618. The molecule has 0 spiro atoms. The molecule has 5 nitrogen and oxygen atoms in total. The summed E-state index contributed by atoms with van der Waals surface area (Å²) in [6, 6.07) is 5.32. The topological polar surface area (TPSA) is 89.3 Å². The summed E-state index contributed by atoms with van der Waals surface area (Å²) in [5, 5.41) is 3.18. The first kappa shape index (κ1) is 15.7. The van der Waals surface area contributed by atoms with Gasteiger partial charge in [-0.3, -0.25) is 4.79 Å². The fourth-order valence-corrected chi connectivity index (χ4v) is 2.40. The number of hydrogen-bond acceptors (Lipinski definition) is 4. The molecule has 19 heavy (non-hydrogen) atoms. The number of benzene rings is 1. The average Bonchev–Trinajstić information content (AvgIpc) is 2.28. The number of nitrogens with two attached hydrogens (primary N) is 1. The molecule has 0 aliphatic carbocycles. The standard InChI is InChI=1S/C13H20N2O3S/c1-10-8-11(13(14)16)4-5-12(10)9-15-6-3-7-19(2,17)18/h4-5,8,15H,3,6-7,9H2,1-2H3,(H2,14,16). The number of amides is 1. The Balaban J connectivity index is 2.44. The third kappa shape index (κ3) is 5.85. The Hall–Kier alpha value is -1.40. The van der Waals surface area contributed by atoms with Crippen LogP contribution in [0.25, 0.3) is 0 Å². The molecule has 0 heterocycles. The van der Waals surface area contributed by atoms with E-state index in [1.54, 1.807) is 12.1 Å². The number of aryl methyl sites for hydroxylation is 1. The summed E-state index contributed by atoms with van der Waals surface area (Å²) in [4.78, 5) is 11.0. The van der Waals surface area contributed by atoms with E-state index in [0.29, 0.717) is 25.1 Å². The van der Waals surface area contributed by atoms with E-state index < -0.39 is 15.7 Å². The lowest BCUT2D eigenvalue weighted by Gasteiger charge is -2.08. The Kier molecular flexibility index (Phi) is 5.50. The Morgan fingerprint density at radius 3 is 2.58 bits per heavy atom. The number of nitrogens with one attached hydrogen (secondary N) is 1. The van der Waals surface area contributed by atoms with Gasteiger partial charge in [0.2, 0.25) is 5.91 Å². The molecule has 0 fully saturated rings. The van der Waals surface area contributed by atoms with Crippen LogP contribution < -0.4 is 11.1 Å². The van der Waals surface area contributed by atoms with Crippen molar-refractivity contribution in [2.75, 3.05) is 18.6 Å². The summed E-state index contributed by atoms with van der Waals surface area (Å²) in [5.74, 6) is -0.240. The zero-order valence-corrected chi connectivity index (χ0v) is 12.1. The van der Waals surface area contributed by atoms with Gasteiger partial charge in [-0.25, -0.2) is 8.42 Å². The molecule has 0 bridgehead atoms. The van der Waals surface area contributed by atoms with Gasteiger partial charge in [-0.2, -0.15) is 0 Å². The molecule has 1 amide bonds. The number of rotatable bonds is 7. The van der Waals surface area contributed by atoms with Gasteiger partial charge in [0.25, 0.3) is 0 Å². The van der Waals surface area contributed by atoms with Gasteiger partial charge in [0.05, 0.1) is 5.75 Å². The molecule has 0 atom stereocenters. The summed E-state index contributed by atoms with van der Waals surface area (Å²) in [7, 11) is -2.88. The predicted molar refractivity (Wildman–Crippen MR) is 75.7 cm³/mol. The van der Waals surface area contributed by atoms with Crippen molar-refractivity contribution in [3.05, 3.63) is 34.9 Å². The van der Waals surface area contributed by atoms with Crippen molar-refractivity contribution >= 4 is 15.7 Å². The molecular formula is C13H20N2O3S. The SMILES string of the molecule is Cc1cc(C(N)=O)ccc1CNCCCS(C)(=O)=O. The van der Waals surface area contributed by atoms with Gasteiger partial charge in [-0.1, -0.05) is 6.07 Å². The number of sulfone groups is 1. The summed E-state index contributed by atoms with van der Waals surface area (Å²) in [6.45, 7) is 3.21. The molecule has 0 aromatic heterocycles. The first-order valence-corrected chi connectivity index (χ1v) is 8.13. The largest absolute Gasteiger partial charge is 0.366 e. The highest BCUT2D eigenvalue weighted by Crippen LogP contribution is 2.10. The lowest BCUT2D eigenvalue weighted by molar-refractivity contribution is 0.1000. The first-order valence-electron chi connectivity index (χ1n) is 6.07. The first-order chi connectivity index (χ1) is 8.79. The van der Waals surface area contributed by atoms with Gasteiger partial charge in [0, 0.05) is 18.4 Å². The highest BCUT2D eigenvalue weighted by atomic mass is 32.2. The Morgan fingerprint density at radius 1 is 1.37 bits per heavy atom. The molecule has 6 heteroatoms. The number of carbonyl (C=O) groups is 1. The van der Waals surface area contributed by atoms with Crippen LogP contribution in [0, 0.1) is 6.92 Å². The van der Waals surface area contributed by atoms with Gasteiger partial charge in [0.1, 0.15) is 9.84 Å². The maximum absolute atomic E-state index is 11.0. The van der Waals surface area contributed by atoms with Gasteiger partial charge in [-0.05, 0) is 43.1 Å². The van der Waals surface area contributed by atoms with Crippen LogP contribution in [0.4, 0.5) is 0 Å². The maximum Gasteiger partial charge on any atom is 0.248 e. The molecule has 0 saturated heterocycles. The summed E-state index contributed by atoms with van der Waals surface area (Å²) >= 11 is 0. The van der Waals surface area contributed by atoms with Crippen LogP contribution in [0.15, 0.2) is 18.2 Å². The molecule has 1 aromatic carbocycles. The minimum Gasteiger partial charge on any atom is -0.366 e. The van der Waals surface area contributed by atoms with Crippen molar-refractivity contribution in [3.63, 3.8) is 0 Å². The van der Waals surface area contributed by atoms with Crippen LogP contribution in [-0.4, -0.2) is 32.9 Å². The van der Waals surface area contributed by atoms with Gasteiger partial charge < -0.3 is 11.1 Å². The Labute approximate surface area is 114 Å².